The van der Waals surface area contributed by atoms with E-state index < -0.39 is 11.9 Å². The number of nitrogen functional groups attached to an aromatic ring is 1. The summed E-state index contributed by atoms with van der Waals surface area (Å²) in [7, 11) is 0. The van der Waals surface area contributed by atoms with Gasteiger partial charge in [-0.25, -0.2) is 0 Å². The summed E-state index contributed by atoms with van der Waals surface area (Å²) >= 11 is 12.1. The molecule has 2 heterocycles. The van der Waals surface area contributed by atoms with Gasteiger partial charge in [-0.2, -0.15) is 9.67 Å². The first kappa shape index (κ1) is 21.1. The topological polar surface area (TPSA) is 97.3 Å². The standard InChI is InChI=1S/C24H17Cl2N5O2/c25-16-8-6-15(7-9-16)20-19(14-4-2-1-3-5-14)21(32)22(33)30(20)24-28-23(27)31(29-24)18-12-10-17(26)11-13-18/h1-13,20,32H,(H2,27,28,29)/t20-/m0/s1. The van der Waals surface area contributed by atoms with E-state index in [0.29, 0.717) is 26.9 Å². The lowest BCUT2D eigenvalue weighted by Crippen LogP contribution is -2.31. The van der Waals surface area contributed by atoms with Gasteiger partial charge in [0.15, 0.2) is 5.76 Å². The molecule has 164 valence electrons. The molecule has 1 atom stereocenters. The van der Waals surface area contributed by atoms with E-state index >= 15 is 0 Å². The van der Waals surface area contributed by atoms with Crippen LogP contribution in [-0.2, 0) is 4.79 Å². The second kappa shape index (κ2) is 8.27. The Morgan fingerprint density at radius 1 is 0.879 bits per heavy atom. The fourth-order valence-corrected chi connectivity index (χ4v) is 4.12. The Labute approximate surface area is 199 Å². The van der Waals surface area contributed by atoms with Crippen LogP contribution in [0.1, 0.15) is 17.2 Å². The second-order valence-corrected chi connectivity index (χ2v) is 8.29. The third kappa shape index (κ3) is 3.71. The molecule has 5 rings (SSSR count). The van der Waals surface area contributed by atoms with Gasteiger partial charge in [0.2, 0.25) is 5.95 Å². The maximum Gasteiger partial charge on any atom is 0.296 e. The van der Waals surface area contributed by atoms with Gasteiger partial charge in [0.05, 0.1) is 11.7 Å². The second-order valence-electron chi connectivity index (χ2n) is 7.42. The number of halogens is 2. The highest BCUT2D eigenvalue weighted by atomic mass is 35.5. The zero-order valence-corrected chi connectivity index (χ0v) is 18.6. The molecular weight excluding hydrogens is 461 g/mol. The lowest BCUT2D eigenvalue weighted by molar-refractivity contribution is -0.117. The van der Waals surface area contributed by atoms with Crippen molar-refractivity contribution in [1.82, 2.24) is 14.8 Å². The average Bonchev–Trinajstić information content (AvgIpc) is 3.32. The van der Waals surface area contributed by atoms with Crippen molar-refractivity contribution in [2.24, 2.45) is 0 Å². The number of aliphatic hydroxyl groups is 1. The summed E-state index contributed by atoms with van der Waals surface area (Å²) in [5, 5.41) is 16.5. The number of hydrogen-bond acceptors (Lipinski definition) is 5. The lowest BCUT2D eigenvalue weighted by atomic mass is 9.94. The van der Waals surface area contributed by atoms with Crippen molar-refractivity contribution in [3.05, 3.63) is 106 Å². The first-order chi connectivity index (χ1) is 15.9. The Kier molecular flexibility index (Phi) is 5.28. The summed E-state index contributed by atoms with van der Waals surface area (Å²) < 4.78 is 1.41. The number of rotatable bonds is 4. The molecule has 3 aromatic carbocycles. The van der Waals surface area contributed by atoms with Crippen molar-refractivity contribution in [3.63, 3.8) is 0 Å². The van der Waals surface area contributed by atoms with E-state index in [9.17, 15) is 9.90 Å². The molecule has 1 aromatic heterocycles. The number of nitrogens with two attached hydrogens (primary N) is 1. The summed E-state index contributed by atoms with van der Waals surface area (Å²) in [6, 6.07) is 22.5. The first-order valence-corrected chi connectivity index (χ1v) is 10.8. The van der Waals surface area contributed by atoms with E-state index in [-0.39, 0.29) is 17.7 Å². The largest absolute Gasteiger partial charge is 0.503 e. The summed E-state index contributed by atoms with van der Waals surface area (Å²) in [6.45, 7) is 0. The Balaban J connectivity index is 1.65. The number of anilines is 2. The lowest BCUT2D eigenvalue weighted by Gasteiger charge is -2.24. The molecule has 0 bridgehead atoms. The van der Waals surface area contributed by atoms with Crippen LogP contribution < -0.4 is 10.6 Å². The van der Waals surface area contributed by atoms with Crippen LogP contribution in [0.25, 0.3) is 11.3 Å². The number of benzene rings is 3. The molecule has 1 amide bonds. The molecule has 1 aliphatic rings. The Morgan fingerprint density at radius 2 is 1.48 bits per heavy atom. The minimum absolute atomic E-state index is 0.0601. The monoisotopic (exact) mass is 477 g/mol. The normalized spacial score (nSPS) is 16.0. The van der Waals surface area contributed by atoms with Crippen molar-refractivity contribution < 1.29 is 9.90 Å². The molecule has 33 heavy (non-hydrogen) atoms. The molecule has 0 saturated carbocycles. The van der Waals surface area contributed by atoms with Crippen LogP contribution in [-0.4, -0.2) is 25.8 Å². The maximum absolute atomic E-state index is 13.3. The van der Waals surface area contributed by atoms with Gasteiger partial charge in [-0.15, -0.1) is 5.10 Å². The highest BCUT2D eigenvalue weighted by Gasteiger charge is 2.44. The van der Waals surface area contributed by atoms with Crippen LogP contribution in [0.5, 0.6) is 0 Å². The maximum atomic E-state index is 13.3. The number of hydrogen-bond donors (Lipinski definition) is 2. The van der Waals surface area contributed by atoms with Crippen molar-refractivity contribution >= 4 is 46.6 Å². The van der Waals surface area contributed by atoms with Crippen molar-refractivity contribution in [2.75, 3.05) is 10.6 Å². The van der Waals surface area contributed by atoms with Crippen LogP contribution >= 0.6 is 23.2 Å². The fourth-order valence-electron chi connectivity index (χ4n) is 3.87. The third-order valence-electron chi connectivity index (χ3n) is 5.39. The molecule has 1 aliphatic heterocycles. The Bertz CT molecular complexity index is 1370. The van der Waals surface area contributed by atoms with E-state index in [4.69, 9.17) is 28.9 Å². The number of aliphatic hydroxyl groups excluding tert-OH is 1. The number of amides is 1. The molecule has 4 aromatic rings. The molecule has 3 N–H and O–H groups in total. The quantitative estimate of drug-likeness (QED) is 0.420. The van der Waals surface area contributed by atoms with Gasteiger partial charge in [0, 0.05) is 15.6 Å². The number of nitrogens with zero attached hydrogens (tertiary/aromatic N) is 4. The van der Waals surface area contributed by atoms with Crippen LogP contribution in [0.3, 0.4) is 0 Å². The average molecular weight is 478 g/mol. The molecule has 0 fully saturated rings. The van der Waals surface area contributed by atoms with Crippen molar-refractivity contribution in [1.29, 1.82) is 0 Å². The minimum Gasteiger partial charge on any atom is -0.503 e. The van der Waals surface area contributed by atoms with Gasteiger partial charge >= 0.3 is 0 Å². The van der Waals surface area contributed by atoms with Crippen LogP contribution in [0.15, 0.2) is 84.6 Å². The van der Waals surface area contributed by atoms with Crippen LogP contribution in [0.2, 0.25) is 10.0 Å². The van der Waals surface area contributed by atoms with Gasteiger partial charge in [0.1, 0.15) is 0 Å². The molecule has 9 heteroatoms. The zero-order valence-electron chi connectivity index (χ0n) is 17.1. The third-order valence-corrected chi connectivity index (χ3v) is 5.89. The van der Waals surface area contributed by atoms with Gasteiger partial charge in [-0.1, -0.05) is 65.7 Å². The summed E-state index contributed by atoms with van der Waals surface area (Å²) in [6.07, 6.45) is 0. The van der Waals surface area contributed by atoms with E-state index in [0.717, 1.165) is 5.56 Å². The number of aromatic nitrogens is 3. The van der Waals surface area contributed by atoms with Gasteiger partial charge in [-0.05, 0) is 47.5 Å². The fraction of sp³-hybridized carbons (Fsp3) is 0.0417. The van der Waals surface area contributed by atoms with Crippen molar-refractivity contribution in [3.8, 4) is 5.69 Å². The van der Waals surface area contributed by atoms with Crippen molar-refractivity contribution in [2.45, 2.75) is 6.04 Å². The predicted molar refractivity (Wildman–Crippen MR) is 128 cm³/mol. The molecule has 0 spiro atoms. The van der Waals surface area contributed by atoms with Gasteiger partial charge < -0.3 is 10.8 Å². The smallest absolute Gasteiger partial charge is 0.296 e. The molecule has 7 nitrogen and oxygen atoms in total. The summed E-state index contributed by atoms with van der Waals surface area (Å²) in [4.78, 5) is 19.0. The number of carbonyl (C=O) groups is 1. The van der Waals surface area contributed by atoms with E-state index in [2.05, 4.69) is 10.1 Å². The van der Waals surface area contributed by atoms with Gasteiger partial charge in [-0.3, -0.25) is 9.69 Å². The van der Waals surface area contributed by atoms with Gasteiger partial charge in [0.25, 0.3) is 11.9 Å². The molecule has 0 unspecified atom stereocenters. The molecule has 0 saturated heterocycles. The summed E-state index contributed by atoms with van der Waals surface area (Å²) in [5.74, 6) is -0.850. The number of carbonyl (C=O) groups excluding carboxylic acids is 1. The highest BCUT2D eigenvalue weighted by Crippen LogP contribution is 2.44. The Hall–Kier alpha value is -3.81. The van der Waals surface area contributed by atoms with Crippen LogP contribution in [0.4, 0.5) is 11.9 Å². The summed E-state index contributed by atoms with van der Waals surface area (Å²) in [5.41, 5.74) is 8.65. The van der Waals surface area contributed by atoms with Crippen LogP contribution in [0, 0.1) is 0 Å². The molecule has 0 aliphatic carbocycles. The minimum atomic E-state index is -0.683. The highest BCUT2D eigenvalue weighted by molar-refractivity contribution is 6.30. The molecular formula is C24H17Cl2N5O2. The SMILES string of the molecule is Nc1nc(N2C(=O)C(O)=C(c3ccccc3)[C@@H]2c2ccc(Cl)cc2)nn1-c1ccc(Cl)cc1. The Morgan fingerprint density at radius 3 is 2.12 bits per heavy atom. The first-order valence-electron chi connectivity index (χ1n) is 10.00. The predicted octanol–water partition coefficient (Wildman–Crippen LogP) is 5.21. The van der Waals surface area contributed by atoms with E-state index in [1.165, 1.54) is 9.58 Å². The zero-order chi connectivity index (χ0) is 23.1. The molecule has 0 radical (unpaired) electrons. The van der Waals surface area contributed by atoms with E-state index in [1.807, 2.05) is 30.3 Å². The van der Waals surface area contributed by atoms with E-state index in [1.54, 1.807) is 48.5 Å².